The number of aldehydes is 1. The molecule has 14 heavy (non-hydrogen) atoms. The highest BCUT2D eigenvalue weighted by Crippen LogP contribution is 2.24. The van der Waals surface area contributed by atoms with Crippen LogP contribution < -0.4 is 0 Å². The highest BCUT2D eigenvalue weighted by molar-refractivity contribution is 5.85. The lowest BCUT2D eigenvalue weighted by atomic mass is 10.3. The molecule has 0 radical (unpaired) electrons. The van der Waals surface area contributed by atoms with Gasteiger partial charge in [-0.15, -0.1) is 0 Å². The first-order chi connectivity index (χ1) is 6.90. The minimum Gasteiger partial charge on any atom is -0.316 e. The Morgan fingerprint density at radius 1 is 1.50 bits per heavy atom. The van der Waals surface area contributed by atoms with Crippen molar-refractivity contribution in [3.8, 4) is 0 Å². The number of fused-ring (bicyclic) bond motifs is 3. The van der Waals surface area contributed by atoms with Gasteiger partial charge in [0.1, 0.15) is 5.69 Å². The van der Waals surface area contributed by atoms with Gasteiger partial charge in [-0.05, 0) is 11.6 Å². The van der Waals surface area contributed by atoms with Crippen LogP contribution in [0.25, 0.3) is 11.6 Å². The van der Waals surface area contributed by atoms with E-state index in [1.165, 1.54) is 11.3 Å². The van der Waals surface area contributed by atoms with Crippen LogP contribution >= 0.6 is 0 Å². The molecule has 0 aliphatic heterocycles. The van der Waals surface area contributed by atoms with E-state index in [1.807, 2.05) is 16.7 Å². The minimum atomic E-state index is 0.510. The zero-order chi connectivity index (χ0) is 9.54. The molecule has 0 fully saturated rings. The van der Waals surface area contributed by atoms with E-state index in [1.54, 1.807) is 6.20 Å². The lowest BCUT2D eigenvalue weighted by Gasteiger charge is -1.99. The molecule has 3 rings (SSSR count). The molecule has 2 aromatic rings. The van der Waals surface area contributed by atoms with E-state index in [0.717, 1.165) is 18.2 Å². The van der Waals surface area contributed by atoms with Gasteiger partial charge in [-0.2, -0.15) is 0 Å². The molecular weight excluding hydrogens is 176 g/mol. The first kappa shape index (κ1) is 7.50. The van der Waals surface area contributed by atoms with E-state index in [-0.39, 0.29) is 0 Å². The van der Waals surface area contributed by atoms with Crippen molar-refractivity contribution in [3.63, 3.8) is 0 Å². The Hall–Kier alpha value is -1.90. The lowest BCUT2D eigenvalue weighted by molar-refractivity contribution is 0.112. The average Bonchev–Trinajstić information content (AvgIpc) is 2.76. The molecule has 0 aromatic carbocycles. The Labute approximate surface area is 80.7 Å². The summed E-state index contributed by atoms with van der Waals surface area (Å²) < 4.78 is 2.03. The van der Waals surface area contributed by atoms with Gasteiger partial charge in [0.15, 0.2) is 6.29 Å². The molecule has 1 aliphatic rings. The third-order valence-electron chi connectivity index (χ3n) is 2.59. The fourth-order valence-electron chi connectivity index (χ4n) is 1.95. The Bertz CT molecular complexity index is 552. The molecule has 3 nitrogen and oxygen atoms in total. The summed E-state index contributed by atoms with van der Waals surface area (Å²) in [5, 5.41) is 0. The summed E-state index contributed by atoms with van der Waals surface area (Å²) in [5.74, 6) is 0. The molecule has 0 saturated heterocycles. The maximum absolute atomic E-state index is 10.8. The predicted octanol–water partition coefficient (Wildman–Crippen LogP) is 1.72. The van der Waals surface area contributed by atoms with Gasteiger partial charge >= 0.3 is 0 Å². The SMILES string of the molecule is O=Cc1nccn2c3c(cc12)C=CC3. The van der Waals surface area contributed by atoms with Crippen LogP contribution in [0.4, 0.5) is 0 Å². The molecule has 0 spiro atoms. The van der Waals surface area contributed by atoms with Crippen LogP contribution in [-0.4, -0.2) is 15.7 Å². The Balaban J connectivity index is 2.45. The average molecular weight is 184 g/mol. The van der Waals surface area contributed by atoms with Crippen molar-refractivity contribution in [2.45, 2.75) is 6.42 Å². The van der Waals surface area contributed by atoms with Crippen molar-refractivity contribution >= 4 is 17.9 Å². The van der Waals surface area contributed by atoms with Crippen LogP contribution in [0.15, 0.2) is 24.5 Å². The summed E-state index contributed by atoms with van der Waals surface area (Å²) >= 11 is 0. The summed E-state index contributed by atoms with van der Waals surface area (Å²) in [6, 6.07) is 2.01. The topological polar surface area (TPSA) is 34.4 Å². The Morgan fingerprint density at radius 2 is 2.43 bits per heavy atom. The van der Waals surface area contributed by atoms with Crippen molar-refractivity contribution in [1.29, 1.82) is 0 Å². The number of allylic oxidation sites excluding steroid dienone is 1. The van der Waals surface area contributed by atoms with Crippen molar-refractivity contribution in [2.24, 2.45) is 0 Å². The number of carbonyl (C=O) groups excluding carboxylic acids is 1. The standard InChI is InChI=1S/C11H8N2O/c14-7-9-11-6-8-2-1-3-10(8)13(11)5-4-12-9/h1-2,4-7H,3H2. The maximum atomic E-state index is 10.8. The van der Waals surface area contributed by atoms with Crippen LogP contribution in [0.3, 0.4) is 0 Å². The van der Waals surface area contributed by atoms with Gasteiger partial charge in [-0.25, -0.2) is 4.98 Å². The molecule has 1 aliphatic carbocycles. The normalized spacial score (nSPS) is 13.4. The highest BCUT2D eigenvalue weighted by atomic mass is 16.1. The van der Waals surface area contributed by atoms with E-state index >= 15 is 0 Å². The number of hydrogen-bond donors (Lipinski definition) is 0. The zero-order valence-electron chi connectivity index (χ0n) is 7.47. The van der Waals surface area contributed by atoms with Gasteiger partial charge in [0.25, 0.3) is 0 Å². The van der Waals surface area contributed by atoms with E-state index in [2.05, 4.69) is 17.1 Å². The molecule has 0 bridgehead atoms. The lowest BCUT2D eigenvalue weighted by Crippen LogP contribution is -1.95. The minimum absolute atomic E-state index is 0.510. The van der Waals surface area contributed by atoms with Gasteiger partial charge in [0.2, 0.25) is 0 Å². The summed E-state index contributed by atoms with van der Waals surface area (Å²) in [4.78, 5) is 14.8. The quantitative estimate of drug-likeness (QED) is 0.632. The fraction of sp³-hybridized carbons (Fsp3) is 0.0909. The van der Waals surface area contributed by atoms with Gasteiger partial charge in [-0.3, -0.25) is 4.79 Å². The van der Waals surface area contributed by atoms with Crippen LogP contribution in [0, 0.1) is 0 Å². The fourth-order valence-corrected chi connectivity index (χ4v) is 1.95. The predicted molar refractivity (Wildman–Crippen MR) is 53.3 cm³/mol. The van der Waals surface area contributed by atoms with Gasteiger partial charge in [0, 0.05) is 24.5 Å². The number of nitrogens with zero attached hydrogens (tertiary/aromatic N) is 2. The molecule has 0 N–H and O–H groups in total. The van der Waals surface area contributed by atoms with Crippen LogP contribution in [0.2, 0.25) is 0 Å². The molecule has 68 valence electrons. The maximum Gasteiger partial charge on any atom is 0.170 e. The van der Waals surface area contributed by atoms with Crippen molar-refractivity contribution in [1.82, 2.24) is 9.38 Å². The van der Waals surface area contributed by atoms with Gasteiger partial charge in [-0.1, -0.05) is 12.2 Å². The number of carbonyl (C=O) groups is 1. The van der Waals surface area contributed by atoms with Crippen molar-refractivity contribution in [2.75, 3.05) is 0 Å². The second-order valence-electron chi connectivity index (χ2n) is 3.34. The Morgan fingerprint density at radius 3 is 3.29 bits per heavy atom. The second kappa shape index (κ2) is 2.54. The second-order valence-corrected chi connectivity index (χ2v) is 3.34. The Kier molecular flexibility index (Phi) is 1.36. The summed E-state index contributed by atoms with van der Waals surface area (Å²) in [6.07, 6.45) is 9.50. The zero-order valence-corrected chi connectivity index (χ0v) is 7.47. The van der Waals surface area contributed by atoms with Crippen molar-refractivity contribution in [3.05, 3.63) is 41.5 Å². The number of hydrogen-bond acceptors (Lipinski definition) is 2. The van der Waals surface area contributed by atoms with E-state index < -0.39 is 0 Å². The molecule has 2 heterocycles. The molecule has 0 amide bonds. The molecule has 0 saturated carbocycles. The molecule has 0 unspecified atom stereocenters. The molecular formula is C11H8N2O. The van der Waals surface area contributed by atoms with Crippen LogP contribution in [-0.2, 0) is 6.42 Å². The summed E-state index contributed by atoms with van der Waals surface area (Å²) in [5.41, 5.74) is 3.85. The number of aromatic nitrogens is 2. The monoisotopic (exact) mass is 184 g/mol. The highest BCUT2D eigenvalue weighted by Gasteiger charge is 2.13. The largest absolute Gasteiger partial charge is 0.316 e. The third kappa shape index (κ3) is 0.812. The number of rotatable bonds is 1. The summed E-state index contributed by atoms with van der Waals surface area (Å²) in [7, 11) is 0. The smallest absolute Gasteiger partial charge is 0.170 e. The first-order valence-electron chi connectivity index (χ1n) is 4.51. The first-order valence-corrected chi connectivity index (χ1v) is 4.51. The van der Waals surface area contributed by atoms with Gasteiger partial charge in [0.05, 0.1) is 5.52 Å². The van der Waals surface area contributed by atoms with E-state index in [9.17, 15) is 4.79 Å². The van der Waals surface area contributed by atoms with Crippen molar-refractivity contribution < 1.29 is 4.79 Å². The van der Waals surface area contributed by atoms with Crippen LogP contribution in [0.1, 0.15) is 21.7 Å². The molecule has 2 aromatic heterocycles. The van der Waals surface area contributed by atoms with E-state index in [0.29, 0.717) is 5.69 Å². The third-order valence-corrected chi connectivity index (χ3v) is 2.59. The summed E-state index contributed by atoms with van der Waals surface area (Å²) in [6.45, 7) is 0. The van der Waals surface area contributed by atoms with Crippen LogP contribution in [0.5, 0.6) is 0 Å². The molecule has 3 heteroatoms. The van der Waals surface area contributed by atoms with E-state index in [4.69, 9.17) is 0 Å². The van der Waals surface area contributed by atoms with Gasteiger partial charge < -0.3 is 4.40 Å². The molecule has 0 atom stereocenters.